The summed E-state index contributed by atoms with van der Waals surface area (Å²) in [5.74, 6) is 0.0622. The molecule has 6 fully saturated rings. The van der Waals surface area contributed by atoms with Crippen molar-refractivity contribution in [3.63, 3.8) is 0 Å². The van der Waals surface area contributed by atoms with Crippen LogP contribution in [0.1, 0.15) is 64.2 Å². The van der Waals surface area contributed by atoms with Crippen molar-refractivity contribution in [3.05, 3.63) is 0 Å². The van der Waals surface area contributed by atoms with Gasteiger partial charge in [-0.3, -0.25) is 14.4 Å². The summed E-state index contributed by atoms with van der Waals surface area (Å²) >= 11 is 0. The quantitative estimate of drug-likeness (QED) is 0.476. The van der Waals surface area contributed by atoms with Crippen LogP contribution in [0.2, 0.25) is 0 Å². The lowest BCUT2D eigenvalue weighted by Gasteiger charge is -2.62. The molecule has 9 atom stereocenters. The summed E-state index contributed by atoms with van der Waals surface area (Å²) in [7, 11) is 0. The van der Waals surface area contributed by atoms with Gasteiger partial charge in [-0.2, -0.15) is 5.26 Å². The van der Waals surface area contributed by atoms with Gasteiger partial charge in [0.05, 0.1) is 12.1 Å². The minimum absolute atomic E-state index is 0.0376. The van der Waals surface area contributed by atoms with Gasteiger partial charge in [0.1, 0.15) is 17.7 Å². The first-order valence-electron chi connectivity index (χ1n) is 11.9. The highest BCUT2D eigenvalue weighted by molar-refractivity contribution is 5.84. The number of rotatable bonds is 7. The zero-order valence-electron chi connectivity index (χ0n) is 18.4. The minimum Gasteiger partial charge on any atom is -0.458 e. The number of primary amides is 1. The molecular weight excluding hydrogens is 410 g/mol. The Morgan fingerprint density at radius 3 is 2.41 bits per heavy atom. The summed E-state index contributed by atoms with van der Waals surface area (Å²) in [6.45, 7) is 0. The minimum atomic E-state index is -0.894. The number of nitrogens with zero attached hydrogens (tertiary/aromatic N) is 2. The first-order valence-corrected chi connectivity index (χ1v) is 11.9. The van der Waals surface area contributed by atoms with Crippen molar-refractivity contribution in [3.8, 4) is 6.07 Å². The van der Waals surface area contributed by atoms with E-state index in [-0.39, 0.29) is 30.8 Å². The summed E-state index contributed by atoms with van der Waals surface area (Å²) in [5.41, 5.74) is 16.8. The largest absolute Gasteiger partial charge is 0.458 e. The van der Waals surface area contributed by atoms with Crippen LogP contribution in [0.15, 0.2) is 0 Å². The summed E-state index contributed by atoms with van der Waals surface area (Å²) in [5, 5.41) is 9.53. The maximum absolute atomic E-state index is 13.5. The molecule has 9 heteroatoms. The number of hydrogen-bond acceptors (Lipinski definition) is 7. The first-order chi connectivity index (χ1) is 15.2. The predicted molar refractivity (Wildman–Crippen MR) is 113 cm³/mol. The Kier molecular flexibility index (Phi) is 5.02. The number of piperidine rings is 1. The fourth-order valence-electron chi connectivity index (χ4n) is 7.75. The van der Waals surface area contributed by atoms with E-state index in [0.717, 1.165) is 44.9 Å². The standard InChI is InChI=1S/C23H33N5O4/c24-10-15-4-14-5-17(14)28(15)20(30)19(27)22-6-12-3-13(7-22)9-23(8-12,11-22)32-21(31)16(25)1-2-18(26)29/h12-17,19H,1-9,11,25,27H2,(H2,26,29)/t12-,13?,14?,15-,16?,17?,19+,22?,23?/m0/s1. The summed E-state index contributed by atoms with van der Waals surface area (Å²) < 4.78 is 6.05. The molecule has 174 valence electrons. The van der Waals surface area contributed by atoms with Crippen LogP contribution in [-0.4, -0.2) is 52.5 Å². The van der Waals surface area contributed by atoms with Gasteiger partial charge in [0.2, 0.25) is 11.8 Å². The van der Waals surface area contributed by atoms with E-state index in [2.05, 4.69) is 6.07 Å². The number of nitrogens with two attached hydrogens (primary N) is 3. The Morgan fingerprint density at radius 2 is 1.78 bits per heavy atom. The van der Waals surface area contributed by atoms with Gasteiger partial charge in [-0.05, 0) is 81.0 Å². The number of carbonyl (C=O) groups excluding carboxylic acids is 3. The summed E-state index contributed by atoms with van der Waals surface area (Å²) in [4.78, 5) is 39.1. The molecular formula is C23H33N5O4. The number of nitriles is 1. The van der Waals surface area contributed by atoms with Crippen LogP contribution in [0.5, 0.6) is 0 Å². The molecule has 6 unspecified atom stereocenters. The zero-order valence-corrected chi connectivity index (χ0v) is 18.4. The fraction of sp³-hybridized carbons (Fsp3) is 0.826. The van der Waals surface area contributed by atoms with Gasteiger partial charge < -0.3 is 26.8 Å². The third-order valence-electron chi connectivity index (χ3n) is 8.81. The van der Waals surface area contributed by atoms with Crippen LogP contribution in [0, 0.1) is 34.5 Å². The van der Waals surface area contributed by atoms with Crippen LogP contribution in [-0.2, 0) is 19.1 Å². The maximum Gasteiger partial charge on any atom is 0.323 e. The van der Waals surface area contributed by atoms with Crippen molar-refractivity contribution in [1.82, 2.24) is 4.90 Å². The topological polar surface area (TPSA) is 166 Å². The van der Waals surface area contributed by atoms with Crippen molar-refractivity contribution in [1.29, 1.82) is 5.26 Å². The predicted octanol–water partition coefficient (Wildman–Crippen LogP) is 0.302. The lowest BCUT2D eigenvalue weighted by molar-refractivity contribution is -0.207. The van der Waals surface area contributed by atoms with Gasteiger partial charge in [-0.25, -0.2) is 0 Å². The highest BCUT2D eigenvalue weighted by Gasteiger charge is 2.64. The van der Waals surface area contributed by atoms with Crippen LogP contribution in [0.4, 0.5) is 0 Å². The molecule has 5 aliphatic carbocycles. The Labute approximate surface area is 188 Å². The van der Waals surface area contributed by atoms with E-state index in [1.165, 1.54) is 0 Å². The lowest BCUT2D eigenvalue weighted by atomic mass is 9.46. The monoisotopic (exact) mass is 443 g/mol. The van der Waals surface area contributed by atoms with E-state index < -0.39 is 35.0 Å². The number of likely N-dealkylation sites (tertiary alicyclic amines) is 1. The zero-order chi connectivity index (χ0) is 22.8. The summed E-state index contributed by atoms with van der Waals surface area (Å²) in [6.07, 6.45) is 6.83. The molecule has 1 saturated heterocycles. The smallest absolute Gasteiger partial charge is 0.323 e. The molecule has 0 radical (unpaired) electrons. The molecule has 0 aromatic rings. The third-order valence-corrected chi connectivity index (χ3v) is 8.81. The van der Waals surface area contributed by atoms with Crippen molar-refractivity contribution in [2.24, 2.45) is 40.4 Å². The Balaban J connectivity index is 1.33. The molecule has 0 aromatic heterocycles. The Morgan fingerprint density at radius 1 is 1.09 bits per heavy atom. The number of carbonyl (C=O) groups is 3. The van der Waals surface area contributed by atoms with Gasteiger partial charge in [0.25, 0.3) is 0 Å². The van der Waals surface area contributed by atoms with Crippen LogP contribution >= 0.6 is 0 Å². The number of fused-ring (bicyclic) bond motifs is 1. The van der Waals surface area contributed by atoms with Crippen molar-refractivity contribution >= 4 is 17.8 Å². The highest BCUT2D eigenvalue weighted by atomic mass is 16.6. The molecule has 2 amide bonds. The molecule has 9 nitrogen and oxygen atoms in total. The van der Waals surface area contributed by atoms with Crippen LogP contribution < -0.4 is 17.2 Å². The van der Waals surface area contributed by atoms with Crippen LogP contribution in [0.25, 0.3) is 0 Å². The van der Waals surface area contributed by atoms with Crippen molar-refractivity contribution in [2.75, 3.05) is 0 Å². The van der Waals surface area contributed by atoms with E-state index >= 15 is 0 Å². The second kappa shape index (κ2) is 7.42. The highest BCUT2D eigenvalue weighted by Crippen LogP contribution is 2.64. The van der Waals surface area contributed by atoms with Gasteiger partial charge in [-0.1, -0.05) is 0 Å². The molecule has 1 aliphatic heterocycles. The van der Waals surface area contributed by atoms with E-state index in [4.69, 9.17) is 21.9 Å². The van der Waals surface area contributed by atoms with E-state index in [0.29, 0.717) is 24.2 Å². The molecule has 0 spiro atoms. The molecule has 6 rings (SSSR count). The third kappa shape index (κ3) is 3.48. The average Bonchev–Trinajstić information content (AvgIpc) is 3.39. The van der Waals surface area contributed by atoms with Gasteiger partial charge >= 0.3 is 5.97 Å². The SMILES string of the molecule is N#C[C@@H]1CC2CC2N1C(=O)[C@@H](N)C12CC3C[C@H](CC(OC(=O)C(N)CCC(N)=O)(C3)C1)C2. The van der Waals surface area contributed by atoms with E-state index in [9.17, 15) is 19.6 Å². The molecule has 0 aromatic carbocycles. The van der Waals surface area contributed by atoms with E-state index in [1.54, 1.807) is 4.90 Å². The molecule has 32 heavy (non-hydrogen) atoms. The second-order valence-corrected chi connectivity index (χ2v) is 11.2. The summed E-state index contributed by atoms with van der Waals surface area (Å²) in [6, 6.07) is 0.495. The fourth-order valence-corrected chi connectivity index (χ4v) is 7.75. The number of ether oxygens (including phenoxy) is 1. The molecule has 6 aliphatic rings. The number of esters is 1. The molecule has 5 saturated carbocycles. The van der Waals surface area contributed by atoms with Gasteiger partial charge in [-0.15, -0.1) is 0 Å². The van der Waals surface area contributed by atoms with E-state index in [1.807, 2.05) is 0 Å². The first kappa shape index (κ1) is 21.7. The van der Waals surface area contributed by atoms with Gasteiger partial charge in [0.15, 0.2) is 0 Å². The number of amides is 2. The van der Waals surface area contributed by atoms with Crippen LogP contribution in [0.3, 0.4) is 0 Å². The Hall–Kier alpha value is -2.18. The van der Waals surface area contributed by atoms with Crippen molar-refractivity contribution < 1.29 is 19.1 Å². The number of hydrogen-bond donors (Lipinski definition) is 3. The lowest BCUT2D eigenvalue weighted by Crippen LogP contribution is -2.66. The maximum atomic E-state index is 13.5. The molecule has 4 bridgehead atoms. The molecule has 6 N–H and O–H groups in total. The average molecular weight is 444 g/mol. The van der Waals surface area contributed by atoms with Crippen molar-refractivity contribution in [2.45, 2.75) is 94.0 Å². The molecule has 1 heterocycles. The second-order valence-electron chi connectivity index (χ2n) is 11.2. The normalized spacial score (nSPS) is 42.7. The van der Waals surface area contributed by atoms with Gasteiger partial charge in [0, 0.05) is 12.5 Å². The Bertz CT molecular complexity index is 870.